The van der Waals surface area contributed by atoms with Gasteiger partial charge in [-0.3, -0.25) is 14.6 Å². The molecule has 222 valence electrons. The van der Waals surface area contributed by atoms with Crippen LogP contribution in [0.2, 0.25) is 0 Å². The Morgan fingerprint density at radius 2 is 1.86 bits per heavy atom. The Morgan fingerprint density at radius 1 is 1.07 bits per heavy atom. The van der Waals surface area contributed by atoms with Gasteiger partial charge in [-0.25, -0.2) is 14.8 Å². The Bertz CT molecular complexity index is 1580. The van der Waals surface area contributed by atoms with Crippen molar-refractivity contribution >= 4 is 39.4 Å². The third-order valence-corrected chi connectivity index (χ3v) is 8.16. The van der Waals surface area contributed by atoms with Crippen molar-refractivity contribution in [2.75, 3.05) is 26.2 Å². The van der Waals surface area contributed by atoms with Crippen LogP contribution in [0.5, 0.6) is 5.75 Å². The maximum Gasteiger partial charge on any atom is 0.332 e. The number of hydrogen-bond acceptors (Lipinski definition) is 7. The molecular formula is C32H34N6O4S. The number of nitrogens with one attached hydrogen (secondary N) is 2. The minimum absolute atomic E-state index is 0.121. The molecule has 0 aliphatic carbocycles. The molecule has 0 unspecified atom stereocenters. The molecule has 0 bridgehead atoms. The molecular weight excluding hydrogens is 564 g/mol. The van der Waals surface area contributed by atoms with E-state index < -0.39 is 6.04 Å². The summed E-state index contributed by atoms with van der Waals surface area (Å²) in [7, 11) is 0. The largest absolute Gasteiger partial charge is 0.508 e. The summed E-state index contributed by atoms with van der Waals surface area (Å²) in [6.07, 6.45) is 1.85. The molecule has 0 spiro atoms. The fourth-order valence-electron chi connectivity index (χ4n) is 5.07. The minimum atomic E-state index is -0.836. The number of thiazole rings is 1. The maximum absolute atomic E-state index is 14.1. The molecule has 2 heterocycles. The van der Waals surface area contributed by atoms with E-state index in [9.17, 15) is 19.5 Å². The molecule has 0 radical (unpaired) electrons. The second-order valence-electron chi connectivity index (χ2n) is 10.3. The van der Waals surface area contributed by atoms with Crippen molar-refractivity contribution < 1.29 is 19.5 Å². The van der Waals surface area contributed by atoms with Crippen molar-refractivity contribution in [2.24, 2.45) is 0 Å². The lowest BCUT2D eigenvalue weighted by atomic mass is 10.0. The number of aromatic nitrogens is 1. The van der Waals surface area contributed by atoms with E-state index in [1.165, 1.54) is 16.3 Å². The highest BCUT2D eigenvalue weighted by Crippen LogP contribution is 2.24. The Morgan fingerprint density at radius 3 is 2.63 bits per heavy atom. The first-order valence-electron chi connectivity index (χ1n) is 14.0. The average Bonchev–Trinajstić information content (AvgIpc) is 3.52. The van der Waals surface area contributed by atoms with Crippen molar-refractivity contribution in [2.45, 2.75) is 25.6 Å². The summed E-state index contributed by atoms with van der Waals surface area (Å²) in [5, 5.41) is 18.7. The van der Waals surface area contributed by atoms with Crippen molar-refractivity contribution in [3.05, 3.63) is 108 Å². The lowest BCUT2D eigenvalue weighted by Crippen LogP contribution is -2.54. The number of hydrogen-bond donors (Lipinski definition) is 3. The van der Waals surface area contributed by atoms with Crippen LogP contribution in [0.3, 0.4) is 0 Å². The van der Waals surface area contributed by atoms with Gasteiger partial charge in [-0.2, -0.15) is 0 Å². The smallest absolute Gasteiger partial charge is 0.332 e. The van der Waals surface area contributed by atoms with Crippen LogP contribution in [0.15, 0.2) is 91.0 Å². The van der Waals surface area contributed by atoms with Gasteiger partial charge in [-0.15, -0.1) is 17.9 Å². The topological polar surface area (TPSA) is 118 Å². The van der Waals surface area contributed by atoms with Gasteiger partial charge in [0.2, 0.25) is 11.8 Å². The van der Waals surface area contributed by atoms with Gasteiger partial charge in [0.1, 0.15) is 11.8 Å². The molecule has 1 fully saturated rings. The van der Waals surface area contributed by atoms with E-state index in [0.29, 0.717) is 13.1 Å². The third-order valence-electron chi connectivity index (χ3n) is 7.24. The van der Waals surface area contributed by atoms with Crippen LogP contribution in [0.1, 0.15) is 16.7 Å². The van der Waals surface area contributed by atoms with Crippen LogP contribution in [0, 0.1) is 0 Å². The number of urea groups is 1. The minimum Gasteiger partial charge on any atom is -0.508 e. The Hall–Kier alpha value is -4.74. The molecule has 11 heteroatoms. The second-order valence-corrected chi connectivity index (χ2v) is 11.1. The van der Waals surface area contributed by atoms with Gasteiger partial charge in [-0.05, 0) is 34.9 Å². The normalized spacial score (nSPS) is 16.2. The van der Waals surface area contributed by atoms with Crippen LogP contribution in [0.4, 0.5) is 4.79 Å². The molecule has 1 atom stereocenters. The molecule has 4 amide bonds. The first-order chi connectivity index (χ1) is 20.9. The Labute approximate surface area is 254 Å². The molecule has 5 rings (SSSR count). The highest BCUT2D eigenvalue weighted by atomic mass is 32.1. The number of amides is 4. The Kier molecular flexibility index (Phi) is 9.65. The number of benzene rings is 3. The van der Waals surface area contributed by atoms with Crippen LogP contribution in [-0.4, -0.2) is 75.1 Å². The summed E-state index contributed by atoms with van der Waals surface area (Å²) in [6, 6.07) is 20.8. The zero-order chi connectivity index (χ0) is 30.2. The highest BCUT2D eigenvalue weighted by Gasteiger charge is 2.32. The SMILES string of the molecule is C=CCN(C(=O)NCc1ccccc1)N1CCN(Cc2cccc3ncsc23)C(=O)[C@H](Cc2ccc(O)cc2)NC(=O)C1. The van der Waals surface area contributed by atoms with Gasteiger partial charge in [0.15, 0.2) is 0 Å². The maximum atomic E-state index is 14.1. The molecule has 1 aromatic heterocycles. The molecule has 3 N–H and O–H groups in total. The molecule has 43 heavy (non-hydrogen) atoms. The van der Waals surface area contributed by atoms with E-state index in [1.807, 2.05) is 48.5 Å². The fourth-order valence-corrected chi connectivity index (χ4v) is 5.87. The van der Waals surface area contributed by atoms with Crippen molar-refractivity contribution in [1.29, 1.82) is 0 Å². The molecule has 3 aromatic carbocycles. The van der Waals surface area contributed by atoms with E-state index in [2.05, 4.69) is 22.2 Å². The lowest BCUT2D eigenvalue weighted by molar-refractivity contribution is -0.136. The highest BCUT2D eigenvalue weighted by molar-refractivity contribution is 7.16. The summed E-state index contributed by atoms with van der Waals surface area (Å²) >= 11 is 1.52. The summed E-state index contributed by atoms with van der Waals surface area (Å²) in [5.41, 5.74) is 5.35. The lowest BCUT2D eigenvalue weighted by Gasteiger charge is -2.34. The Balaban J connectivity index is 1.41. The molecule has 1 aliphatic heterocycles. The standard InChI is InChI=1S/C32H34N6O4S/c1-2-15-38(32(42)33-19-24-7-4-3-5-8-24)37-17-16-36(20-25-9-6-10-27-30(25)43-22-34-27)31(41)28(35-29(40)21-37)18-23-11-13-26(39)14-12-23/h2-14,22,28,39H,1,15-21H2,(H,33,42)(H,35,40)/t28-/m0/s1. The number of carbonyl (C=O) groups excluding carboxylic acids is 3. The van der Waals surface area contributed by atoms with E-state index in [-0.39, 0.29) is 56.2 Å². The first-order valence-corrected chi connectivity index (χ1v) is 14.9. The molecule has 0 saturated carbocycles. The summed E-state index contributed by atoms with van der Waals surface area (Å²) in [4.78, 5) is 46.9. The van der Waals surface area contributed by atoms with Crippen LogP contribution < -0.4 is 10.6 Å². The van der Waals surface area contributed by atoms with Crippen LogP contribution in [0.25, 0.3) is 10.2 Å². The molecule has 10 nitrogen and oxygen atoms in total. The number of fused-ring (bicyclic) bond motifs is 1. The van der Waals surface area contributed by atoms with Gasteiger partial charge >= 0.3 is 6.03 Å². The number of hydrazine groups is 1. The number of nitrogens with zero attached hydrogens (tertiary/aromatic N) is 4. The zero-order valence-corrected chi connectivity index (χ0v) is 24.5. The zero-order valence-electron chi connectivity index (χ0n) is 23.7. The van der Waals surface area contributed by atoms with Crippen LogP contribution in [-0.2, 0) is 29.1 Å². The third kappa shape index (κ3) is 7.56. The molecule has 4 aromatic rings. The summed E-state index contributed by atoms with van der Waals surface area (Å²) in [5.74, 6) is -0.488. The number of carbonyl (C=O) groups is 3. The van der Waals surface area contributed by atoms with Gasteiger partial charge in [-0.1, -0.05) is 60.7 Å². The first kappa shape index (κ1) is 29.7. The fraction of sp³-hybridized carbons (Fsp3) is 0.250. The molecule has 1 saturated heterocycles. The van der Waals surface area contributed by atoms with Crippen LogP contribution >= 0.6 is 11.3 Å². The predicted octanol–water partition coefficient (Wildman–Crippen LogP) is 3.69. The van der Waals surface area contributed by atoms with Gasteiger partial charge < -0.3 is 20.6 Å². The van der Waals surface area contributed by atoms with E-state index in [4.69, 9.17) is 0 Å². The number of rotatable bonds is 9. The summed E-state index contributed by atoms with van der Waals surface area (Å²) in [6.45, 7) is 5.03. The average molecular weight is 599 g/mol. The van der Waals surface area contributed by atoms with E-state index in [0.717, 1.165) is 26.9 Å². The van der Waals surface area contributed by atoms with Crippen molar-refractivity contribution in [3.8, 4) is 5.75 Å². The van der Waals surface area contributed by atoms with Crippen molar-refractivity contribution in [1.82, 2.24) is 30.5 Å². The van der Waals surface area contributed by atoms with Crippen molar-refractivity contribution in [3.63, 3.8) is 0 Å². The van der Waals surface area contributed by atoms with Gasteiger partial charge in [0, 0.05) is 32.6 Å². The predicted molar refractivity (Wildman–Crippen MR) is 166 cm³/mol. The number of phenols is 1. The number of aromatic hydroxyl groups is 1. The molecule has 1 aliphatic rings. The summed E-state index contributed by atoms with van der Waals surface area (Å²) < 4.78 is 1.000. The quantitative estimate of drug-likeness (QED) is 0.253. The number of phenolic OH excluding ortho intramolecular Hbond substituents is 1. The van der Waals surface area contributed by atoms with E-state index >= 15 is 0 Å². The second kappa shape index (κ2) is 14.0. The van der Waals surface area contributed by atoms with E-state index in [1.54, 1.807) is 45.8 Å². The van der Waals surface area contributed by atoms with Gasteiger partial charge in [0.05, 0.1) is 28.8 Å². The van der Waals surface area contributed by atoms with Gasteiger partial charge in [0.25, 0.3) is 0 Å². The monoisotopic (exact) mass is 598 g/mol.